The Morgan fingerprint density at radius 2 is 2.30 bits per heavy atom. The molecule has 0 aromatic heterocycles. The molecule has 1 amide bonds. The molecule has 1 aliphatic heterocycles. The van der Waals surface area contributed by atoms with Gasteiger partial charge in [-0.05, 0) is 44.0 Å². The number of hydrogen-bond acceptors (Lipinski definition) is 3. The van der Waals surface area contributed by atoms with Crippen LogP contribution in [0.2, 0.25) is 0 Å². The van der Waals surface area contributed by atoms with Crippen molar-refractivity contribution in [2.45, 2.75) is 32.2 Å². The molecule has 0 radical (unpaired) electrons. The Bertz CT molecular complexity index is 505. The van der Waals surface area contributed by atoms with Gasteiger partial charge in [0, 0.05) is 5.69 Å². The molecule has 4 nitrogen and oxygen atoms in total. The van der Waals surface area contributed by atoms with Crippen molar-refractivity contribution in [1.29, 1.82) is 0 Å². The molecule has 108 valence electrons. The predicted octanol–water partition coefficient (Wildman–Crippen LogP) is 2.13. The molecule has 5 heteroatoms. The van der Waals surface area contributed by atoms with Crippen LogP contribution < -0.4 is 5.32 Å². The molecular formula is C15H19FN2O2. The number of carbonyl (C=O) groups is 2. The molecule has 20 heavy (non-hydrogen) atoms. The lowest BCUT2D eigenvalue weighted by molar-refractivity contribution is -0.120. The highest BCUT2D eigenvalue weighted by Gasteiger charge is 2.23. The first-order valence-corrected chi connectivity index (χ1v) is 6.85. The van der Waals surface area contributed by atoms with Crippen molar-refractivity contribution < 1.29 is 14.0 Å². The Hall–Kier alpha value is -1.75. The van der Waals surface area contributed by atoms with Crippen molar-refractivity contribution in [3.63, 3.8) is 0 Å². The topological polar surface area (TPSA) is 49.4 Å². The Morgan fingerprint density at radius 3 is 3.05 bits per heavy atom. The summed E-state index contributed by atoms with van der Waals surface area (Å²) in [7, 11) is 0. The van der Waals surface area contributed by atoms with E-state index in [9.17, 15) is 14.0 Å². The van der Waals surface area contributed by atoms with Gasteiger partial charge in [0.2, 0.25) is 5.91 Å². The van der Waals surface area contributed by atoms with Crippen LogP contribution in [0.1, 0.15) is 24.8 Å². The van der Waals surface area contributed by atoms with Crippen molar-refractivity contribution in [3.8, 4) is 0 Å². The van der Waals surface area contributed by atoms with Gasteiger partial charge in [-0.3, -0.25) is 9.69 Å². The molecule has 0 saturated carbocycles. The largest absolute Gasteiger partial charge is 0.325 e. The molecule has 0 spiro atoms. The maximum atomic E-state index is 13.2. The van der Waals surface area contributed by atoms with Crippen LogP contribution in [0, 0.1) is 12.7 Å². The summed E-state index contributed by atoms with van der Waals surface area (Å²) in [4.78, 5) is 24.9. The second kappa shape index (κ2) is 6.61. The molecule has 1 aromatic carbocycles. The van der Waals surface area contributed by atoms with Crippen LogP contribution >= 0.6 is 0 Å². The monoisotopic (exact) mass is 278 g/mol. The van der Waals surface area contributed by atoms with E-state index >= 15 is 0 Å². The summed E-state index contributed by atoms with van der Waals surface area (Å²) in [6.07, 6.45) is 3.72. The average Bonchev–Trinajstić information content (AvgIpc) is 2.43. The third-order valence-corrected chi connectivity index (χ3v) is 3.64. The zero-order chi connectivity index (χ0) is 14.5. The first kappa shape index (κ1) is 14.7. The van der Waals surface area contributed by atoms with Gasteiger partial charge in [0.15, 0.2) is 0 Å². The van der Waals surface area contributed by atoms with E-state index in [2.05, 4.69) is 5.32 Å². The smallest absolute Gasteiger partial charge is 0.238 e. The fraction of sp³-hybridized carbons (Fsp3) is 0.467. The van der Waals surface area contributed by atoms with Crippen molar-refractivity contribution in [2.24, 2.45) is 0 Å². The molecule has 1 heterocycles. The summed E-state index contributed by atoms with van der Waals surface area (Å²) in [6.45, 7) is 2.72. The van der Waals surface area contributed by atoms with Gasteiger partial charge >= 0.3 is 0 Å². The number of piperidine rings is 1. The number of halogens is 1. The van der Waals surface area contributed by atoms with Crippen molar-refractivity contribution in [3.05, 3.63) is 29.6 Å². The van der Waals surface area contributed by atoms with Gasteiger partial charge in [0.25, 0.3) is 0 Å². The summed E-state index contributed by atoms with van der Waals surface area (Å²) in [5.41, 5.74) is 1.29. The summed E-state index contributed by atoms with van der Waals surface area (Å²) in [6, 6.07) is 4.11. The number of rotatable bonds is 4. The van der Waals surface area contributed by atoms with E-state index in [4.69, 9.17) is 0 Å². The predicted molar refractivity (Wildman–Crippen MR) is 75.0 cm³/mol. The zero-order valence-electron chi connectivity index (χ0n) is 11.6. The molecule has 1 aliphatic rings. The second-order valence-electron chi connectivity index (χ2n) is 5.18. The van der Waals surface area contributed by atoms with Crippen molar-refractivity contribution in [2.75, 3.05) is 18.4 Å². The minimum absolute atomic E-state index is 0.166. The van der Waals surface area contributed by atoms with E-state index in [1.54, 1.807) is 6.07 Å². The Kier molecular flexibility index (Phi) is 4.84. The Balaban J connectivity index is 1.98. The third kappa shape index (κ3) is 3.63. The Morgan fingerprint density at radius 1 is 1.50 bits per heavy atom. The molecule has 2 rings (SSSR count). The maximum Gasteiger partial charge on any atom is 0.238 e. The van der Waals surface area contributed by atoms with E-state index in [-0.39, 0.29) is 24.3 Å². The van der Waals surface area contributed by atoms with Gasteiger partial charge in [-0.25, -0.2) is 4.39 Å². The van der Waals surface area contributed by atoms with Crippen molar-refractivity contribution in [1.82, 2.24) is 4.90 Å². The fourth-order valence-corrected chi connectivity index (χ4v) is 2.47. The average molecular weight is 278 g/mol. The molecule has 1 N–H and O–H groups in total. The van der Waals surface area contributed by atoms with Gasteiger partial charge < -0.3 is 10.1 Å². The quantitative estimate of drug-likeness (QED) is 0.858. The molecule has 1 fully saturated rings. The van der Waals surface area contributed by atoms with Gasteiger partial charge in [-0.15, -0.1) is 0 Å². The standard InChI is InChI=1S/C15H19FN2O2/c1-11-5-6-12(16)8-14(11)17-15(20)9-18-7-3-2-4-13(18)10-19/h5-6,8,10,13H,2-4,7,9H2,1H3,(H,17,20). The van der Waals surface area contributed by atoms with Crippen molar-refractivity contribution >= 4 is 17.9 Å². The van der Waals surface area contributed by atoms with Crippen LogP contribution in [0.3, 0.4) is 0 Å². The minimum atomic E-state index is -0.380. The number of amides is 1. The zero-order valence-corrected chi connectivity index (χ0v) is 11.6. The molecular weight excluding hydrogens is 259 g/mol. The molecule has 1 saturated heterocycles. The number of nitrogens with one attached hydrogen (secondary N) is 1. The van der Waals surface area contributed by atoms with Gasteiger partial charge in [-0.1, -0.05) is 12.5 Å². The van der Waals surface area contributed by atoms with Gasteiger partial charge in [0.1, 0.15) is 12.1 Å². The van der Waals surface area contributed by atoms with Crippen LogP contribution in [-0.2, 0) is 9.59 Å². The number of aryl methyl sites for hydroxylation is 1. The summed E-state index contributed by atoms with van der Waals surface area (Å²) in [5.74, 6) is -0.595. The third-order valence-electron chi connectivity index (χ3n) is 3.64. The fourth-order valence-electron chi connectivity index (χ4n) is 2.47. The van der Waals surface area contributed by atoms with E-state index in [1.807, 2.05) is 11.8 Å². The van der Waals surface area contributed by atoms with Gasteiger partial charge in [-0.2, -0.15) is 0 Å². The first-order chi connectivity index (χ1) is 9.60. The molecule has 0 aliphatic carbocycles. The van der Waals surface area contributed by atoms with E-state index < -0.39 is 0 Å². The number of aldehydes is 1. The first-order valence-electron chi connectivity index (χ1n) is 6.85. The minimum Gasteiger partial charge on any atom is -0.325 e. The summed E-state index contributed by atoms with van der Waals surface area (Å²) in [5, 5.41) is 2.71. The number of carbonyl (C=O) groups excluding carboxylic acids is 2. The van der Waals surface area contributed by atoms with Gasteiger partial charge in [0.05, 0.1) is 12.6 Å². The number of benzene rings is 1. The number of hydrogen-bond donors (Lipinski definition) is 1. The van der Waals surface area contributed by atoms with E-state index in [0.717, 1.165) is 37.7 Å². The highest BCUT2D eigenvalue weighted by Crippen LogP contribution is 2.18. The highest BCUT2D eigenvalue weighted by atomic mass is 19.1. The van der Waals surface area contributed by atoms with Crippen LogP contribution in [0.5, 0.6) is 0 Å². The number of anilines is 1. The Labute approximate surface area is 118 Å². The SMILES string of the molecule is Cc1ccc(F)cc1NC(=O)CN1CCCCC1C=O. The molecule has 1 aromatic rings. The number of nitrogens with zero attached hydrogens (tertiary/aromatic N) is 1. The lowest BCUT2D eigenvalue weighted by Crippen LogP contribution is -2.44. The summed E-state index contributed by atoms with van der Waals surface area (Å²) < 4.78 is 13.2. The highest BCUT2D eigenvalue weighted by molar-refractivity contribution is 5.93. The second-order valence-corrected chi connectivity index (χ2v) is 5.18. The van der Waals surface area contributed by atoms with Crippen LogP contribution in [0.25, 0.3) is 0 Å². The van der Waals surface area contributed by atoms with Crippen LogP contribution in [0.15, 0.2) is 18.2 Å². The molecule has 0 bridgehead atoms. The molecule has 1 unspecified atom stereocenters. The van der Waals surface area contributed by atoms with E-state index in [1.165, 1.54) is 12.1 Å². The maximum absolute atomic E-state index is 13.2. The van der Waals surface area contributed by atoms with Crippen LogP contribution in [0.4, 0.5) is 10.1 Å². The lowest BCUT2D eigenvalue weighted by Gasteiger charge is -2.31. The lowest BCUT2D eigenvalue weighted by atomic mass is 10.0. The molecule has 1 atom stereocenters. The normalized spacial score (nSPS) is 19.6. The number of likely N-dealkylation sites (tertiary alicyclic amines) is 1. The van der Waals surface area contributed by atoms with Crippen LogP contribution in [-0.4, -0.2) is 36.2 Å². The summed E-state index contributed by atoms with van der Waals surface area (Å²) >= 11 is 0. The van der Waals surface area contributed by atoms with E-state index in [0.29, 0.717) is 5.69 Å².